The summed E-state index contributed by atoms with van der Waals surface area (Å²) in [7, 11) is 0. The molecule has 1 fully saturated rings. The zero-order valence-corrected chi connectivity index (χ0v) is 19.5. The van der Waals surface area contributed by atoms with Crippen LogP contribution in [0.25, 0.3) is 22.8 Å². The fourth-order valence-electron chi connectivity index (χ4n) is 4.20. The van der Waals surface area contributed by atoms with Crippen LogP contribution in [0.15, 0.2) is 61.1 Å². The van der Waals surface area contributed by atoms with Crippen LogP contribution in [-0.2, 0) is 6.54 Å². The van der Waals surface area contributed by atoms with Gasteiger partial charge < -0.3 is 25.1 Å². The molecule has 3 heterocycles. The van der Waals surface area contributed by atoms with Crippen LogP contribution in [0.4, 0.5) is 28.9 Å². The van der Waals surface area contributed by atoms with Crippen molar-refractivity contribution in [3.05, 3.63) is 72.6 Å². The van der Waals surface area contributed by atoms with Gasteiger partial charge in [-0.1, -0.05) is 0 Å². The minimum atomic E-state index is -4.51. The number of carbonyl (C=O) groups is 1. The van der Waals surface area contributed by atoms with Crippen LogP contribution in [0.2, 0.25) is 0 Å². The second-order valence-electron chi connectivity index (χ2n) is 8.58. The molecule has 5 rings (SSSR count). The lowest BCUT2D eigenvalue weighted by atomic mass is 10.1. The van der Waals surface area contributed by atoms with Gasteiger partial charge in [0.25, 0.3) is 5.91 Å². The quantitative estimate of drug-likeness (QED) is 0.335. The van der Waals surface area contributed by atoms with Crippen molar-refractivity contribution in [1.82, 2.24) is 24.8 Å². The number of halogens is 4. The van der Waals surface area contributed by atoms with E-state index in [1.165, 1.54) is 30.5 Å². The van der Waals surface area contributed by atoms with Crippen molar-refractivity contribution in [3.63, 3.8) is 0 Å². The maximum Gasteiger partial charge on any atom is 0.406 e. The van der Waals surface area contributed by atoms with Gasteiger partial charge >= 0.3 is 6.18 Å². The van der Waals surface area contributed by atoms with E-state index in [-0.39, 0.29) is 22.9 Å². The van der Waals surface area contributed by atoms with E-state index in [0.29, 0.717) is 11.3 Å². The van der Waals surface area contributed by atoms with Crippen LogP contribution in [0.3, 0.4) is 0 Å². The number of anilines is 2. The molecule has 1 aliphatic rings. The lowest BCUT2D eigenvalue weighted by Gasteiger charge is -2.29. The summed E-state index contributed by atoms with van der Waals surface area (Å²) in [6.07, 6.45) is -2.22. The van der Waals surface area contributed by atoms with E-state index < -0.39 is 24.4 Å². The highest BCUT2D eigenvalue weighted by Gasteiger charge is 2.31. The zero-order valence-electron chi connectivity index (χ0n) is 19.5. The maximum atomic E-state index is 13.4. The van der Waals surface area contributed by atoms with E-state index in [1.54, 1.807) is 12.1 Å². The number of benzene rings is 2. The number of nitrogens with zero attached hydrogens (tertiary/aromatic N) is 4. The second kappa shape index (κ2) is 10.1. The Balaban J connectivity index is 1.38. The first-order chi connectivity index (χ1) is 17.8. The Kier molecular flexibility index (Phi) is 6.66. The average Bonchev–Trinajstić information content (AvgIpc) is 3.52. The van der Waals surface area contributed by atoms with Gasteiger partial charge in [-0.05, 0) is 48.5 Å². The molecular formula is C25H23F4N7O. The number of hydrogen-bond donors (Lipinski definition) is 3. The van der Waals surface area contributed by atoms with Crippen molar-refractivity contribution in [2.24, 2.45) is 0 Å². The molecule has 0 saturated carbocycles. The molecule has 0 aliphatic carbocycles. The van der Waals surface area contributed by atoms with E-state index in [9.17, 15) is 22.4 Å². The van der Waals surface area contributed by atoms with Gasteiger partial charge in [-0.2, -0.15) is 13.2 Å². The fraction of sp³-hybridized carbons (Fsp3) is 0.240. The lowest BCUT2D eigenvalue weighted by Crippen LogP contribution is -2.43. The van der Waals surface area contributed by atoms with Crippen LogP contribution in [0, 0.1) is 5.82 Å². The molecule has 4 aromatic rings. The van der Waals surface area contributed by atoms with Gasteiger partial charge in [0.15, 0.2) is 5.82 Å². The van der Waals surface area contributed by atoms with Crippen molar-refractivity contribution in [1.29, 1.82) is 0 Å². The van der Waals surface area contributed by atoms with Gasteiger partial charge in [0.05, 0.1) is 18.2 Å². The molecule has 0 spiro atoms. The Hall–Kier alpha value is -4.19. The lowest BCUT2D eigenvalue weighted by molar-refractivity contribution is -0.140. The van der Waals surface area contributed by atoms with Crippen molar-refractivity contribution in [3.8, 4) is 22.8 Å². The maximum absolute atomic E-state index is 13.4. The molecule has 2 aromatic heterocycles. The minimum Gasteiger partial charge on any atom is -0.369 e. The molecule has 8 nitrogen and oxygen atoms in total. The number of H-pyrrole nitrogens is 1. The number of nitrogens with one attached hydrogen (secondary N) is 3. The number of imidazole rings is 2. The number of aromatic amines is 1. The highest BCUT2D eigenvalue weighted by molar-refractivity contribution is 6.03. The SMILES string of the molecule is O=C(Nc1ccc(N2CCNCC2)cc1)c1cnc(-c2c(-c3ccc(F)cc3)ncn2CC(F)(F)F)[nH]1. The standard InChI is InChI=1S/C25H23F4N7O/c26-17-3-1-16(2-4-17)21-22(36(15-32-21)14-25(27,28)29)23-31-13-20(34-23)24(37)33-18-5-7-19(8-6-18)35-11-9-30-10-12-35/h1-8,13,15,30H,9-12,14H2,(H,31,34)(H,33,37). The zero-order chi connectivity index (χ0) is 26.0. The van der Waals surface area contributed by atoms with Crippen LogP contribution >= 0.6 is 0 Å². The van der Waals surface area contributed by atoms with Crippen LogP contribution in [0.1, 0.15) is 10.5 Å². The highest BCUT2D eigenvalue weighted by Crippen LogP contribution is 2.32. The highest BCUT2D eigenvalue weighted by atomic mass is 19.4. The monoisotopic (exact) mass is 513 g/mol. The van der Waals surface area contributed by atoms with Crippen molar-refractivity contribution in [2.75, 3.05) is 36.4 Å². The van der Waals surface area contributed by atoms with E-state index in [4.69, 9.17) is 0 Å². The van der Waals surface area contributed by atoms with Gasteiger partial charge in [0, 0.05) is 43.1 Å². The number of alkyl halides is 3. The molecule has 37 heavy (non-hydrogen) atoms. The van der Waals surface area contributed by atoms with E-state index in [2.05, 4.69) is 30.5 Å². The van der Waals surface area contributed by atoms with Gasteiger partial charge in [-0.3, -0.25) is 4.79 Å². The van der Waals surface area contributed by atoms with Gasteiger partial charge in [-0.15, -0.1) is 0 Å². The first-order valence-corrected chi connectivity index (χ1v) is 11.6. The number of hydrogen-bond acceptors (Lipinski definition) is 5. The predicted molar refractivity (Wildman–Crippen MR) is 131 cm³/mol. The summed E-state index contributed by atoms with van der Waals surface area (Å²) in [6, 6.07) is 12.6. The molecule has 12 heteroatoms. The Morgan fingerprint density at radius 1 is 1.00 bits per heavy atom. The normalized spacial score (nSPS) is 14.1. The molecule has 0 unspecified atom stereocenters. The Morgan fingerprint density at radius 2 is 1.70 bits per heavy atom. The third kappa shape index (κ3) is 5.64. The summed E-state index contributed by atoms with van der Waals surface area (Å²) in [6.45, 7) is 2.30. The largest absolute Gasteiger partial charge is 0.406 e. The molecule has 1 amide bonds. The first-order valence-electron chi connectivity index (χ1n) is 11.6. The molecule has 1 aliphatic heterocycles. The molecule has 192 valence electrons. The summed E-state index contributed by atoms with van der Waals surface area (Å²) in [5.74, 6) is -0.961. The smallest absolute Gasteiger partial charge is 0.369 e. The topological polar surface area (TPSA) is 90.9 Å². The van der Waals surface area contributed by atoms with Gasteiger partial charge in [0.2, 0.25) is 0 Å². The summed E-state index contributed by atoms with van der Waals surface area (Å²) in [4.78, 5) is 26.2. The van der Waals surface area contributed by atoms with Crippen LogP contribution in [-0.4, -0.2) is 57.8 Å². The Morgan fingerprint density at radius 3 is 2.38 bits per heavy atom. The van der Waals surface area contributed by atoms with Gasteiger partial charge in [-0.25, -0.2) is 14.4 Å². The van der Waals surface area contributed by atoms with E-state index in [0.717, 1.165) is 42.8 Å². The third-order valence-corrected chi connectivity index (χ3v) is 5.96. The van der Waals surface area contributed by atoms with Gasteiger partial charge in [0.1, 0.15) is 23.7 Å². The van der Waals surface area contributed by atoms with E-state index in [1.807, 2.05) is 12.1 Å². The molecular weight excluding hydrogens is 490 g/mol. The first kappa shape index (κ1) is 24.5. The molecule has 3 N–H and O–H groups in total. The third-order valence-electron chi connectivity index (χ3n) is 5.96. The van der Waals surface area contributed by atoms with Crippen molar-refractivity contribution >= 4 is 17.3 Å². The molecule has 0 bridgehead atoms. The van der Waals surface area contributed by atoms with Crippen LogP contribution < -0.4 is 15.5 Å². The van der Waals surface area contributed by atoms with Crippen molar-refractivity contribution < 1.29 is 22.4 Å². The second-order valence-corrected chi connectivity index (χ2v) is 8.58. The minimum absolute atomic E-state index is 0.0280. The number of amides is 1. The molecule has 1 saturated heterocycles. The fourth-order valence-corrected chi connectivity index (χ4v) is 4.20. The summed E-state index contributed by atoms with van der Waals surface area (Å²) >= 11 is 0. The Labute approximate surface area is 209 Å². The number of piperazine rings is 1. The van der Waals surface area contributed by atoms with E-state index >= 15 is 0 Å². The number of carbonyl (C=O) groups excluding carboxylic acids is 1. The molecule has 2 aromatic carbocycles. The predicted octanol–water partition coefficient (Wildman–Crippen LogP) is 4.30. The Bertz CT molecular complexity index is 1370. The molecule has 0 atom stereocenters. The average molecular weight is 513 g/mol. The number of rotatable bonds is 6. The van der Waals surface area contributed by atoms with Crippen molar-refractivity contribution in [2.45, 2.75) is 12.7 Å². The van der Waals surface area contributed by atoms with Crippen LogP contribution in [0.5, 0.6) is 0 Å². The summed E-state index contributed by atoms with van der Waals surface area (Å²) in [5.41, 5.74) is 2.29. The summed E-state index contributed by atoms with van der Waals surface area (Å²) < 4.78 is 54.0. The summed E-state index contributed by atoms with van der Waals surface area (Å²) in [5, 5.41) is 6.06. The molecule has 0 radical (unpaired) electrons. The number of aromatic nitrogens is 4.